The minimum absolute atomic E-state index is 0.0591. The smallest absolute Gasteiger partial charge is 0.320 e. The first-order valence-corrected chi connectivity index (χ1v) is 5.73. The summed E-state index contributed by atoms with van der Waals surface area (Å²) in [5.41, 5.74) is 0. The minimum Gasteiger partial charge on any atom is -0.465 e. The molecule has 0 aromatic rings. The van der Waals surface area contributed by atoms with Gasteiger partial charge in [0.15, 0.2) is 0 Å². The van der Waals surface area contributed by atoms with E-state index in [-0.39, 0.29) is 24.5 Å². The molecule has 0 bridgehead atoms. The Hall–Kier alpha value is -1.10. The maximum Gasteiger partial charge on any atom is 0.320 e. The Balaban J connectivity index is 2.53. The van der Waals surface area contributed by atoms with E-state index in [0.717, 1.165) is 12.8 Å². The van der Waals surface area contributed by atoms with Gasteiger partial charge < -0.3 is 10.1 Å². The minimum atomic E-state index is -0.276. The van der Waals surface area contributed by atoms with Gasteiger partial charge in [-0.1, -0.05) is 0 Å². The molecule has 0 saturated heterocycles. The summed E-state index contributed by atoms with van der Waals surface area (Å²) in [7, 11) is 1.61. The van der Waals surface area contributed by atoms with Crippen LogP contribution in [0.15, 0.2) is 0 Å². The van der Waals surface area contributed by atoms with E-state index in [4.69, 9.17) is 4.74 Å². The number of esters is 1. The first-order chi connectivity index (χ1) is 7.60. The molecule has 1 saturated carbocycles. The summed E-state index contributed by atoms with van der Waals surface area (Å²) in [6.45, 7) is 4.18. The van der Waals surface area contributed by atoms with E-state index in [0.29, 0.717) is 12.6 Å². The second-order valence-electron chi connectivity index (χ2n) is 4.00. The van der Waals surface area contributed by atoms with Gasteiger partial charge in [0, 0.05) is 13.1 Å². The fraction of sp³-hybridized carbons (Fsp3) is 0.818. The van der Waals surface area contributed by atoms with Crippen molar-refractivity contribution >= 4 is 11.9 Å². The molecule has 92 valence electrons. The van der Waals surface area contributed by atoms with Crippen LogP contribution in [0, 0.1) is 0 Å². The maximum atomic E-state index is 11.5. The highest BCUT2D eigenvalue weighted by Crippen LogP contribution is 2.28. The van der Waals surface area contributed by atoms with Crippen molar-refractivity contribution in [2.24, 2.45) is 0 Å². The molecule has 1 amide bonds. The third-order valence-corrected chi connectivity index (χ3v) is 2.76. The number of nitrogens with one attached hydrogen (secondary N) is 1. The van der Waals surface area contributed by atoms with Crippen LogP contribution in [0.4, 0.5) is 0 Å². The van der Waals surface area contributed by atoms with Crippen molar-refractivity contribution in [2.45, 2.75) is 38.8 Å². The van der Waals surface area contributed by atoms with E-state index in [1.807, 2.05) is 11.8 Å². The van der Waals surface area contributed by atoms with Gasteiger partial charge in [0.1, 0.15) is 0 Å². The number of rotatable bonds is 6. The van der Waals surface area contributed by atoms with E-state index >= 15 is 0 Å². The molecule has 1 rings (SSSR count). The predicted octanol–water partition coefficient (Wildman–Crippen LogP) is 0.148. The number of carbonyl (C=O) groups is 2. The molecule has 5 nitrogen and oxygen atoms in total. The van der Waals surface area contributed by atoms with Gasteiger partial charge in [0.2, 0.25) is 5.91 Å². The van der Waals surface area contributed by atoms with Gasteiger partial charge in [-0.05, 0) is 26.7 Å². The molecule has 0 radical (unpaired) electrons. The number of likely N-dealkylation sites (N-methyl/N-ethyl adjacent to an activating group) is 1. The maximum absolute atomic E-state index is 11.5. The van der Waals surface area contributed by atoms with Gasteiger partial charge in [-0.25, -0.2) is 0 Å². The second kappa shape index (κ2) is 5.84. The van der Waals surface area contributed by atoms with Crippen molar-refractivity contribution in [2.75, 3.05) is 20.2 Å². The molecular formula is C11H20N2O3. The van der Waals surface area contributed by atoms with Crippen LogP contribution >= 0.6 is 0 Å². The Bertz CT molecular complexity index is 264. The van der Waals surface area contributed by atoms with Crippen LogP contribution in [0.25, 0.3) is 0 Å². The highest BCUT2D eigenvalue weighted by molar-refractivity contribution is 5.82. The summed E-state index contributed by atoms with van der Waals surface area (Å²) in [6.07, 6.45) is 2.11. The Morgan fingerprint density at radius 3 is 2.56 bits per heavy atom. The lowest BCUT2D eigenvalue weighted by Crippen LogP contribution is -2.47. The molecule has 1 atom stereocenters. The number of ether oxygens (including phenoxy) is 1. The number of nitrogens with zero attached hydrogens (tertiary/aromatic N) is 1. The molecule has 1 N–H and O–H groups in total. The molecule has 0 aromatic heterocycles. The molecule has 5 heteroatoms. The molecule has 16 heavy (non-hydrogen) atoms. The summed E-state index contributed by atoms with van der Waals surface area (Å²) in [4.78, 5) is 24.8. The van der Waals surface area contributed by atoms with Crippen LogP contribution in [-0.2, 0) is 14.3 Å². The van der Waals surface area contributed by atoms with Gasteiger partial charge >= 0.3 is 5.97 Å². The zero-order valence-corrected chi connectivity index (χ0v) is 10.2. The normalized spacial score (nSPS) is 17.0. The average molecular weight is 228 g/mol. The molecule has 0 spiro atoms. The van der Waals surface area contributed by atoms with E-state index in [1.54, 1.807) is 14.0 Å². The van der Waals surface area contributed by atoms with Gasteiger partial charge in [0.25, 0.3) is 0 Å². The first kappa shape index (κ1) is 13.0. The summed E-state index contributed by atoms with van der Waals surface area (Å²) in [5.74, 6) is -0.318. The van der Waals surface area contributed by atoms with Gasteiger partial charge in [-0.2, -0.15) is 0 Å². The molecule has 1 aliphatic carbocycles. The number of amides is 1. The summed E-state index contributed by atoms with van der Waals surface area (Å²) >= 11 is 0. The lowest BCUT2D eigenvalue weighted by molar-refractivity contribution is -0.145. The predicted molar refractivity (Wildman–Crippen MR) is 59.9 cm³/mol. The van der Waals surface area contributed by atoms with Crippen molar-refractivity contribution < 1.29 is 14.3 Å². The zero-order chi connectivity index (χ0) is 12.1. The van der Waals surface area contributed by atoms with Crippen molar-refractivity contribution in [3.05, 3.63) is 0 Å². The topological polar surface area (TPSA) is 58.6 Å². The van der Waals surface area contributed by atoms with Crippen LogP contribution in [-0.4, -0.2) is 49.1 Å². The highest BCUT2D eigenvalue weighted by Gasteiger charge is 2.36. The van der Waals surface area contributed by atoms with Crippen molar-refractivity contribution in [1.29, 1.82) is 0 Å². The first-order valence-electron chi connectivity index (χ1n) is 5.73. The molecular weight excluding hydrogens is 208 g/mol. The van der Waals surface area contributed by atoms with E-state index in [2.05, 4.69) is 5.32 Å². The fourth-order valence-electron chi connectivity index (χ4n) is 1.70. The molecule has 1 aliphatic rings. The van der Waals surface area contributed by atoms with Gasteiger partial charge in [-0.15, -0.1) is 0 Å². The number of carbonyl (C=O) groups excluding carboxylic acids is 2. The Labute approximate surface area is 96.1 Å². The molecule has 0 aliphatic heterocycles. The highest BCUT2D eigenvalue weighted by atomic mass is 16.5. The van der Waals surface area contributed by atoms with Crippen LogP contribution in [0.2, 0.25) is 0 Å². The summed E-state index contributed by atoms with van der Waals surface area (Å²) in [5, 5.41) is 2.60. The fourth-order valence-corrected chi connectivity index (χ4v) is 1.70. The van der Waals surface area contributed by atoms with Crippen LogP contribution in [0.1, 0.15) is 26.7 Å². The summed E-state index contributed by atoms with van der Waals surface area (Å²) in [6, 6.07) is 0.0820. The van der Waals surface area contributed by atoms with Crippen molar-refractivity contribution in [3.8, 4) is 0 Å². The van der Waals surface area contributed by atoms with Crippen LogP contribution in [0.3, 0.4) is 0 Å². The van der Waals surface area contributed by atoms with E-state index in [1.165, 1.54) is 0 Å². The SMILES string of the molecule is CCOC(=O)CN(C1CC1)C(C)C(=O)NC. The number of hydrogen-bond donors (Lipinski definition) is 1. The monoisotopic (exact) mass is 228 g/mol. The lowest BCUT2D eigenvalue weighted by atomic mass is 10.2. The summed E-state index contributed by atoms with van der Waals surface area (Å²) < 4.78 is 4.90. The quantitative estimate of drug-likeness (QED) is 0.657. The largest absolute Gasteiger partial charge is 0.465 e. The molecule has 1 fully saturated rings. The second-order valence-corrected chi connectivity index (χ2v) is 4.00. The lowest BCUT2D eigenvalue weighted by Gasteiger charge is -2.26. The Morgan fingerprint density at radius 1 is 1.50 bits per heavy atom. The Morgan fingerprint density at radius 2 is 2.12 bits per heavy atom. The van der Waals surface area contributed by atoms with Crippen molar-refractivity contribution in [1.82, 2.24) is 10.2 Å². The molecule has 0 aromatic carbocycles. The number of hydrogen-bond acceptors (Lipinski definition) is 4. The Kier molecular flexibility index (Phi) is 4.73. The molecule has 0 heterocycles. The third-order valence-electron chi connectivity index (χ3n) is 2.76. The van der Waals surface area contributed by atoms with E-state index < -0.39 is 0 Å². The standard InChI is InChI=1S/C11H20N2O3/c1-4-16-10(14)7-13(9-5-6-9)8(2)11(15)12-3/h8-9H,4-7H2,1-3H3,(H,12,15). The third kappa shape index (κ3) is 3.48. The zero-order valence-electron chi connectivity index (χ0n) is 10.2. The van der Waals surface area contributed by atoms with Gasteiger partial charge in [-0.3, -0.25) is 14.5 Å². The van der Waals surface area contributed by atoms with Gasteiger partial charge in [0.05, 0.1) is 19.2 Å². The average Bonchev–Trinajstić information content (AvgIpc) is 3.08. The van der Waals surface area contributed by atoms with E-state index in [9.17, 15) is 9.59 Å². The molecule has 1 unspecified atom stereocenters. The van der Waals surface area contributed by atoms with Crippen LogP contribution in [0.5, 0.6) is 0 Å². The van der Waals surface area contributed by atoms with Crippen LogP contribution < -0.4 is 5.32 Å². The van der Waals surface area contributed by atoms with Crippen molar-refractivity contribution in [3.63, 3.8) is 0 Å².